The molecule has 7 nitrogen and oxygen atoms in total. The number of carbonyl (C=O) groups is 3. The molecule has 1 atom stereocenters. The Morgan fingerprint density at radius 1 is 1.22 bits per heavy atom. The topological polar surface area (TPSA) is 84.9 Å². The Labute approximate surface area is 158 Å². The first kappa shape index (κ1) is 16.3. The van der Waals surface area contributed by atoms with Crippen LogP contribution >= 0.6 is 11.3 Å². The van der Waals surface area contributed by atoms with E-state index in [1.165, 1.54) is 0 Å². The number of ether oxygens (including phenoxy) is 2. The molecule has 1 saturated heterocycles. The molecule has 3 amide bonds. The third-order valence-corrected chi connectivity index (χ3v) is 6.31. The Bertz CT molecular complexity index is 984. The molecule has 1 fully saturated rings. The van der Waals surface area contributed by atoms with Crippen LogP contribution in [0.15, 0.2) is 29.6 Å². The molecule has 27 heavy (non-hydrogen) atoms. The number of urea groups is 1. The normalized spacial score (nSPS) is 22.9. The fraction of sp³-hybridized carbons (Fsp3) is 0.316. The van der Waals surface area contributed by atoms with Crippen molar-refractivity contribution in [2.24, 2.45) is 0 Å². The number of hydrogen-bond donors (Lipinski definition) is 1. The Kier molecular flexibility index (Phi) is 3.51. The molecule has 0 radical (unpaired) electrons. The van der Waals surface area contributed by atoms with Crippen molar-refractivity contribution in [3.05, 3.63) is 45.6 Å². The zero-order valence-corrected chi connectivity index (χ0v) is 15.1. The maximum absolute atomic E-state index is 13.2. The van der Waals surface area contributed by atoms with E-state index in [0.29, 0.717) is 23.5 Å². The van der Waals surface area contributed by atoms with Crippen molar-refractivity contribution in [1.82, 2.24) is 10.2 Å². The Morgan fingerprint density at radius 3 is 2.96 bits per heavy atom. The molecule has 138 valence electrons. The van der Waals surface area contributed by atoms with Gasteiger partial charge in [-0.05, 0) is 48.9 Å². The lowest BCUT2D eigenvalue weighted by Gasteiger charge is -2.31. The van der Waals surface area contributed by atoms with Gasteiger partial charge in [-0.3, -0.25) is 14.5 Å². The molecule has 1 spiro atoms. The van der Waals surface area contributed by atoms with Crippen LogP contribution in [0.2, 0.25) is 0 Å². The lowest BCUT2D eigenvalue weighted by molar-refractivity contribution is -0.131. The Morgan fingerprint density at radius 2 is 2.07 bits per heavy atom. The van der Waals surface area contributed by atoms with Crippen LogP contribution < -0.4 is 14.8 Å². The van der Waals surface area contributed by atoms with Gasteiger partial charge in [-0.2, -0.15) is 0 Å². The summed E-state index contributed by atoms with van der Waals surface area (Å²) in [5, 5.41) is 4.80. The van der Waals surface area contributed by atoms with E-state index < -0.39 is 11.6 Å². The third-order valence-electron chi connectivity index (χ3n) is 5.33. The van der Waals surface area contributed by atoms with Crippen LogP contribution in [0.1, 0.15) is 33.6 Å². The lowest BCUT2D eigenvalue weighted by atomic mass is 9.80. The van der Waals surface area contributed by atoms with Crippen LogP contribution in [0.25, 0.3) is 0 Å². The van der Waals surface area contributed by atoms with Crippen LogP contribution in [0.3, 0.4) is 0 Å². The smallest absolute Gasteiger partial charge is 0.325 e. The van der Waals surface area contributed by atoms with Crippen LogP contribution in [0.5, 0.6) is 11.5 Å². The van der Waals surface area contributed by atoms with Gasteiger partial charge in [-0.1, -0.05) is 0 Å². The maximum Gasteiger partial charge on any atom is 0.325 e. The molecule has 1 aromatic heterocycles. The molecule has 1 aliphatic carbocycles. The minimum Gasteiger partial charge on any atom is -0.454 e. The summed E-state index contributed by atoms with van der Waals surface area (Å²) in [7, 11) is 0. The van der Waals surface area contributed by atoms with E-state index in [-0.39, 0.29) is 25.0 Å². The highest BCUT2D eigenvalue weighted by Gasteiger charge is 2.54. The summed E-state index contributed by atoms with van der Waals surface area (Å²) in [5.74, 6) is 0.397. The minimum atomic E-state index is -1.03. The number of ketones is 1. The zero-order valence-electron chi connectivity index (χ0n) is 14.3. The van der Waals surface area contributed by atoms with E-state index in [2.05, 4.69) is 5.32 Å². The summed E-state index contributed by atoms with van der Waals surface area (Å²) in [6.07, 6.45) is 2.29. The molecule has 3 aliphatic rings. The second-order valence-corrected chi connectivity index (χ2v) is 7.83. The number of thiophene rings is 1. The molecule has 8 heteroatoms. The largest absolute Gasteiger partial charge is 0.454 e. The van der Waals surface area contributed by atoms with Crippen molar-refractivity contribution < 1.29 is 23.9 Å². The van der Waals surface area contributed by atoms with Crippen molar-refractivity contribution in [1.29, 1.82) is 0 Å². The zero-order chi connectivity index (χ0) is 18.6. The quantitative estimate of drug-likeness (QED) is 0.649. The monoisotopic (exact) mass is 384 g/mol. The number of nitrogens with zero attached hydrogens (tertiary/aromatic N) is 1. The number of aryl methyl sites for hydroxylation is 1. The molecule has 1 N–H and O–H groups in total. The molecule has 0 saturated carbocycles. The van der Waals surface area contributed by atoms with E-state index in [1.807, 2.05) is 11.4 Å². The molecule has 3 heterocycles. The third kappa shape index (κ3) is 2.36. The SMILES string of the molecule is O=C(CN1C(=O)N[C@]2(CCCc3sccc32)C1=O)c1ccc2c(c1)OCO2. The van der Waals surface area contributed by atoms with Gasteiger partial charge in [0.25, 0.3) is 5.91 Å². The highest BCUT2D eigenvalue weighted by molar-refractivity contribution is 7.10. The number of Topliss-reactive ketones (excluding diaryl/α,β-unsaturated/α-hetero) is 1. The van der Waals surface area contributed by atoms with Gasteiger partial charge in [0.15, 0.2) is 17.3 Å². The number of fused-ring (bicyclic) bond motifs is 3. The van der Waals surface area contributed by atoms with E-state index in [1.54, 1.807) is 29.5 Å². The fourth-order valence-corrected chi connectivity index (χ4v) is 4.99. The van der Waals surface area contributed by atoms with Crippen molar-refractivity contribution in [3.8, 4) is 11.5 Å². The average Bonchev–Trinajstić information content (AvgIpc) is 3.37. The molecule has 2 aromatic rings. The first-order valence-corrected chi connectivity index (χ1v) is 9.60. The van der Waals surface area contributed by atoms with Crippen molar-refractivity contribution >= 4 is 29.1 Å². The van der Waals surface area contributed by atoms with Gasteiger partial charge in [0.2, 0.25) is 6.79 Å². The molecule has 1 aromatic carbocycles. The first-order valence-electron chi connectivity index (χ1n) is 8.72. The molecule has 2 aliphatic heterocycles. The molecule has 0 bridgehead atoms. The van der Waals surface area contributed by atoms with Crippen LogP contribution in [0.4, 0.5) is 4.79 Å². The lowest BCUT2D eigenvalue weighted by Crippen LogP contribution is -2.46. The first-order chi connectivity index (χ1) is 13.1. The van der Waals surface area contributed by atoms with Gasteiger partial charge in [0.05, 0.1) is 6.54 Å². The molecular weight excluding hydrogens is 368 g/mol. The predicted molar refractivity (Wildman–Crippen MR) is 96.1 cm³/mol. The van der Waals surface area contributed by atoms with Crippen molar-refractivity contribution in [2.45, 2.75) is 24.8 Å². The van der Waals surface area contributed by atoms with Crippen LogP contribution in [-0.2, 0) is 16.8 Å². The summed E-state index contributed by atoms with van der Waals surface area (Å²) in [5.41, 5.74) is 0.218. The van der Waals surface area contributed by atoms with E-state index in [4.69, 9.17) is 9.47 Å². The second kappa shape index (κ2) is 5.82. The van der Waals surface area contributed by atoms with E-state index in [0.717, 1.165) is 28.2 Å². The van der Waals surface area contributed by atoms with Gasteiger partial charge in [-0.25, -0.2) is 4.79 Å². The summed E-state index contributed by atoms with van der Waals surface area (Å²) >= 11 is 1.60. The number of hydrogen-bond acceptors (Lipinski definition) is 6. The highest BCUT2D eigenvalue weighted by atomic mass is 32.1. The number of carbonyl (C=O) groups excluding carboxylic acids is 3. The summed E-state index contributed by atoms with van der Waals surface area (Å²) in [4.78, 5) is 40.5. The van der Waals surface area contributed by atoms with Gasteiger partial charge in [0.1, 0.15) is 5.54 Å². The number of amides is 3. The molecule has 0 unspecified atom stereocenters. The van der Waals surface area contributed by atoms with E-state index in [9.17, 15) is 14.4 Å². The van der Waals surface area contributed by atoms with Crippen LogP contribution in [0, 0.1) is 0 Å². The molecular formula is C19H16N2O5S. The van der Waals surface area contributed by atoms with Crippen molar-refractivity contribution in [3.63, 3.8) is 0 Å². The fourth-order valence-electron chi connectivity index (χ4n) is 3.99. The van der Waals surface area contributed by atoms with Gasteiger partial charge < -0.3 is 14.8 Å². The number of rotatable bonds is 3. The predicted octanol–water partition coefficient (Wildman–Crippen LogP) is 2.44. The van der Waals surface area contributed by atoms with Gasteiger partial charge in [-0.15, -0.1) is 11.3 Å². The number of nitrogens with one attached hydrogen (secondary N) is 1. The summed E-state index contributed by atoms with van der Waals surface area (Å²) < 4.78 is 10.5. The van der Waals surface area contributed by atoms with Gasteiger partial charge in [0, 0.05) is 16.0 Å². The Hall–Kier alpha value is -2.87. The second-order valence-electron chi connectivity index (χ2n) is 6.83. The van der Waals surface area contributed by atoms with E-state index >= 15 is 0 Å². The summed E-state index contributed by atoms with van der Waals surface area (Å²) in [6.45, 7) is -0.184. The maximum atomic E-state index is 13.2. The summed E-state index contributed by atoms with van der Waals surface area (Å²) in [6, 6.07) is 6.23. The highest BCUT2D eigenvalue weighted by Crippen LogP contribution is 2.42. The van der Waals surface area contributed by atoms with Gasteiger partial charge >= 0.3 is 6.03 Å². The number of imide groups is 1. The van der Waals surface area contributed by atoms with Crippen molar-refractivity contribution in [2.75, 3.05) is 13.3 Å². The Balaban J connectivity index is 1.41. The average molecular weight is 384 g/mol. The standard InChI is InChI=1S/C19H16N2O5S/c22-13(11-3-4-14-15(8-11)26-10-25-14)9-21-17(23)19(20-18(21)24)6-1-2-16-12(19)5-7-27-16/h3-5,7-8H,1-2,6,9-10H2,(H,20,24)/t19-/m0/s1. The van der Waals surface area contributed by atoms with Crippen LogP contribution in [-0.4, -0.2) is 36.0 Å². The molecule has 5 rings (SSSR count). The number of benzene rings is 1. The minimum absolute atomic E-state index is 0.117.